The number of benzene rings is 3. The van der Waals surface area contributed by atoms with E-state index in [1.54, 1.807) is 0 Å². The van der Waals surface area contributed by atoms with Gasteiger partial charge in [-0.15, -0.1) is 10.2 Å². The van der Waals surface area contributed by atoms with Crippen LogP contribution in [0, 0.1) is 20.2 Å². The number of nitrogens with zero attached hydrogens (tertiary/aromatic N) is 4. The van der Waals surface area contributed by atoms with Crippen molar-refractivity contribution in [2.75, 3.05) is 0 Å². The number of fused-ring (bicyclic) bond motifs is 1. The summed E-state index contributed by atoms with van der Waals surface area (Å²) in [5, 5.41) is 39.5. The highest BCUT2D eigenvalue weighted by Gasteiger charge is 2.24. The van der Waals surface area contributed by atoms with E-state index in [0.29, 0.717) is 6.07 Å². The number of phenolic OH excluding ortho intramolecular Hbond substituents is 1. The second-order valence-corrected chi connectivity index (χ2v) is 8.43. The Kier molecular flexibility index (Phi) is 5.95. The van der Waals surface area contributed by atoms with Crippen molar-refractivity contribution < 1.29 is 36.7 Å². The van der Waals surface area contributed by atoms with Crippen LogP contribution in [0.15, 0.2) is 62.5 Å². The fourth-order valence-corrected chi connectivity index (χ4v) is 3.76. The first kappa shape index (κ1) is 22.8. The molecule has 3 aromatic rings. The van der Waals surface area contributed by atoms with Crippen LogP contribution >= 0.6 is 0 Å². The summed E-state index contributed by atoms with van der Waals surface area (Å²) in [5.41, 5.74) is -2.68. The van der Waals surface area contributed by atoms with Crippen LogP contribution in [-0.4, -0.2) is 36.7 Å². The molecule has 16 heteroatoms. The molecule has 1 unspecified atom stereocenters. The number of non-ortho nitro benzene ring substituents is 1. The number of aromatic hydroxyl groups is 1. The van der Waals surface area contributed by atoms with Crippen LogP contribution in [0.1, 0.15) is 0 Å². The molecule has 3 aromatic carbocycles. The Morgan fingerprint density at radius 1 is 0.969 bits per heavy atom. The first-order chi connectivity index (χ1) is 14.9. The highest BCUT2D eigenvalue weighted by molar-refractivity contribution is 7.86. The van der Waals surface area contributed by atoms with E-state index in [4.69, 9.17) is 0 Å². The summed E-state index contributed by atoms with van der Waals surface area (Å²) < 4.78 is 53.6. The molecule has 0 aliphatic rings. The summed E-state index contributed by atoms with van der Waals surface area (Å²) in [6, 6.07) is 6.74. The molecule has 0 fully saturated rings. The van der Waals surface area contributed by atoms with Gasteiger partial charge in [-0.2, -0.15) is 8.42 Å². The smallest absolute Gasteiger partial charge is 0.303 e. The van der Waals surface area contributed by atoms with Crippen LogP contribution in [0.3, 0.4) is 0 Å². The number of hydrogen-bond donors (Lipinski definition) is 3. The largest absolute Gasteiger partial charge is 0.505 e. The summed E-state index contributed by atoms with van der Waals surface area (Å²) in [6.45, 7) is 0. The minimum absolute atomic E-state index is 0.0289. The van der Waals surface area contributed by atoms with Crippen molar-refractivity contribution in [3.63, 3.8) is 0 Å². The molecule has 0 saturated heterocycles. The Morgan fingerprint density at radius 3 is 2.22 bits per heavy atom. The van der Waals surface area contributed by atoms with Gasteiger partial charge < -0.3 is 9.66 Å². The molecule has 32 heavy (non-hydrogen) atoms. The van der Waals surface area contributed by atoms with Gasteiger partial charge in [-0.3, -0.25) is 24.8 Å². The molecule has 0 amide bonds. The normalized spacial score (nSPS) is 12.8. The third-order valence-corrected chi connectivity index (χ3v) is 5.65. The van der Waals surface area contributed by atoms with Gasteiger partial charge in [-0.05, 0) is 35.7 Å². The summed E-state index contributed by atoms with van der Waals surface area (Å²) in [4.78, 5) is 19.1. The monoisotopic (exact) mass is 482 g/mol. The van der Waals surface area contributed by atoms with Gasteiger partial charge in [0.15, 0.2) is 22.5 Å². The average Bonchev–Trinajstić information content (AvgIpc) is 2.71. The molecule has 166 valence electrons. The summed E-state index contributed by atoms with van der Waals surface area (Å²) in [6.07, 6.45) is 0. The number of azo groups is 1. The first-order valence-electron chi connectivity index (χ1n) is 8.13. The molecular formula is C16H10N4O10S2. The topological polar surface area (TPSA) is 223 Å². The maximum absolute atomic E-state index is 11.8. The maximum atomic E-state index is 11.8. The second-order valence-electron chi connectivity index (χ2n) is 6.07. The van der Waals surface area contributed by atoms with Gasteiger partial charge in [0.1, 0.15) is 10.6 Å². The van der Waals surface area contributed by atoms with Crippen molar-refractivity contribution in [3.05, 3.63) is 62.7 Å². The van der Waals surface area contributed by atoms with Crippen molar-refractivity contribution in [3.8, 4) is 5.75 Å². The molecule has 0 aliphatic carbocycles. The average molecular weight is 482 g/mol. The molecule has 14 nitrogen and oxygen atoms in total. The van der Waals surface area contributed by atoms with Crippen LogP contribution in [0.2, 0.25) is 0 Å². The minimum Gasteiger partial charge on any atom is -0.505 e. The number of nitro benzene ring substituents is 2. The van der Waals surface area contributed by atoms with E-state index in [1.165, 1.54) is 12.1 Å². The van der Waals surface area contributed by atoms with E-state index in [1.807, 2.05) is 0 Å². The lowest BCUT2D eigenvalue weighted by atomic mass is 10.1. The SMILES string of the molecule is O=[N+]([O-])c1ccc(N=Nc2c(S(=O)(=O)O)cc3cc(S(=O)O)ccc3c2O)c([N+](=O)[O-])c1. The summed E-state index contributed by atoms with van der Waals surface area (Å²) in [5.74, 6) is -0.793. The molecule has 0 aromatic heterocycles. The predicted octanol–water partition coefficient (Wildman–Crippen LogP) is 3.60. The highest BCUT2D eigenvalue weighted by Crippen LogP contribution is 2.42. The zero-order valence-electron chi connectivity index (χ0n) is 15.3. The summed E-state index contributed by atoms with van der Waals surface area (Å²) in [7, 11) is -5.00. The molecule has 0 radical (unpaired) electrons. The van der Waals surface area contributed by atoms with Gasteiger partial charge in [-0.1, -0.05) is 0 Å². The Bertz CT molecular complexity index is 1450. The van der Waals surface area contributed by atoms with Crippen LogP contribution in [0.4, 0.5) is 22.7 Å². The van der Waals surface area contributed by atoms with Crippen molar-refractivity contribution in [2.24, 2.45) is 10.2 Å². The quantitative estimate of drug-likeness (QED) is 0.152. The minimum atomic E-state index is -5.00. The lowest BCUT2D eigenvalue weighted by Crippen LogP contribution is -1.99. The number of phenols is 1. The first-order valence-corrected chi connectivity index (χ1v) is 10.7. The molecule has 0 bridgehead atoms. The number of nitro groups is 2. The van der Waals surface area contributed by atoms with Crippen molar-refractivity contribution in [1.82, 2.24) is 0 Å². The van der Waals surface area contributed by atoms with Gasteiger partial charge in [0, 0.05) is 11.5 Å². The third kappa shape index (κ3) is 4.42. The van der Waals surface area contributed by atoms with Crippen LogP contribution in [0.5, 0.6) is 5.75 Å². The molecule has 1 atom stereocenters. The van der Waals surface area contributed by atoms with Crippen molar-refractivity contribution >= 4 is 54.7 Å². The van der Waals surface area contributed by atoms with E-state index >= 15 is 0 Å². The Morgan fingerprint density at radius 2 is 1.66 bits per heavy atom. The van der Waals surface area contributed by atoms with E-state index in [-0.39, 0.29) is 15.7 Å². The van der Waals surface area contributed by atoms with Crippen LogP contribution < -0.4 is 0 Å². The fraction of sp³-hybridized carbons (Fsp3) is 0. The molecular weight excluding hydrogens is 472 g/mol. The van der Waals surface area contributed by atoms with E-state index < -0.39 is 64.4 Å². The van der Waals surface area contributed by atoms with Gasteiger partial charge >= 0.3 is 5.69 Å². The van der Waals surface area contributed by atoms with Crippen LogP contribution in [-0.2, 0) is 21.2 Å². The van der Waals surface area contributed by atoms with E-state index in [2.05, 4.69) is 10.2 Å². The van der Waals surface area contributed by atoms with Crippen molar-refractivity contribution in [2.45, 2.75) is 9.79 Å². The van der Waals surface area contributed by atoms with Crippen LogP contribution in [0.25, 0.3) is 10.8 Å². The van der Waals surface area contributed by atoms with Gasteiger partial charge in [0.25, 0.3) is 15.8 Å². The predicted molar refractivity (Wildman–Crippen MR) is 108 cm³/mol. The zero-order valence-corrected chi connectivity index (χ0v) is 17.0. The highest BCUT2D eigenvalue weighted by atomic mass is 32.2. The molecule has 0 saturated carbocycles. The second kappa shape index (κ2) is 8.35. The van der Waals surface area contributed by atoms with Gasteiger partial charge in [-0.25, -0.2) is 4.21 Å². The Labute approximate surface area is 180 Å². The fourth-order valence-electron chi connectivity index (χ4n) is 2.69. The Hall–Kier alpha value is -3.86. The zero-order chi connectivity index (χ0) is 23.8. The lowest BCUT2D eigenvalue weighted by Gasteiger charge is -2.09. The van der Waals surface area contributed by atoms with Gasteiger partial charge in [0.2, 0.25) is 0 Å². The van der Waals surface area contributed by atoms with Gasteiger partial charge in [0.05, 0.1) is 20.8 Å². The number of rotatable bonds is 6. The molecule has 3 N–H and O–H groups in total. The van der Waals surface area contributed by atoms with Crippen molar-refractivity contribution in [1.29, 1.82) is 0 Å². The maximum Gasteiger partial charge on any atom is 0.303 e. The summed E-state index contributed by atoms with van der Waals surface area (Å²) >= 11 is -2.41. The number of hydrogen-bond acceptors (Lipinski definition) is 10. The van der Waals surface area contributed by atoms with E-state index in [0.717, 1.165) is 24.3 Å². The van der Waals surface area contributed by atoms with E-state index in [9.17, 15) is 47.1 Å². The molecule has 3 rings (SSSR count). The molecule has 0 heterocycles. The molecule has 0 spiro atoms. The standard InChI is InChI=1S/C16H10N4O10S2/c21-16-11-3-2-10(31(26)27)5-8(11)6-14(32(28,29)30)15(16)18-17-12-4-1-9(19(22)23)7-13(12)20(24)25/h1-7,21H,(H,26,27)(H,28,29,30). The molecule has 0 aliphatic heterocycles. The lowest BCUT2D eigenvalue weighted by molar-refractivity contribution is -0.393. The third-order valence-electron chi connectivity index (χ3n) is 4.13. The Balaban J connectivity index is 2.25.